The SMILES string of the molecule is CCCCC/C=C\C/C=C\CCCCCCCC(=O)O[C@H](COC(=O)CCCCCCCCCCCCCCCCC)COP(=O)(O)O.[Na]. The van der Waals surface area contributed by atoms with E-state index >= 15 is 0 Å². The Hall–Kier alpha value is -0.470. The number of phosphoric ester groups is 1. The van der Waals surface area contributed by atoms with Gasteiger partial charge in [-0.3, -0.25) is 14.1 Å². The Morgan fingerprint density at radius 2 is 0.939 bits per heavy atom. The van der Waals surface area contributed by atoms with Crippen LogP contribution in [0, 0.1) is 0 Å². The molecule has 10 heteroatoms. The van der Waals surface area contributed by atoms with E-state index < -0.39 is 32.5 Å². The Morgan fingerprint density at radius 3 is 1.41 bits per heavy atom. The van der Waals surface area contributed by atoms with Gasteiger partial charge in [0.1, 0.15) is 6.61 Å². The molecule has 0 saturated carbocycles. The standard InChI is InChI=1S/C39H73O8P.Na/c1-3-5-7-9-11-13-15-17-19-21-23-25-27-29-31-33-38(40)45-35-37(36-46-48(42,43)44)47-39(41)34-32-30-28-26-24-22-20-18-16-14-12-10-8-6-4-2;/h12,14,18,20,37H,3-11,13,15-17,19,21-36H2,1-2H3,(H2,42,43,44);/b14-12-,20-18-;/t37-;/m1./s1. The molecule has 0 aromatic rings. The van der Waals surface area contributed by atoms with Gasteiger partial charge in [0.05, 0.1) is 6.61 Å². The Labute approximate surface area is 322 Å². The minimum Gasteiger partial charge on any atom is -0.462 e. The Kier molecular flexibility index (Phi) is 40.0. The molecular weight excluding hydrogens is 650 g/mol. The van der Waals surface area contributed by atoms with Crippen LogP contribution in [0.4, 0.5) is 0 Å². The van der Waals surface area contributed by atoms with Gasteiger partial charge in [0.15, 0.2) is 6.10 Å². The van der Waals surface area contributed by atoms with Gasteiger partial charge in [-0.15, -0.1) is 0 Å². The van der Waals surface area contributed by atoms with E-state index in [-0.39, 0.29) is 49.0 Å². The van der Waals surface area contributed by atoms with Crippen molar-refractivity contribution in [1.29, 1.82) is 0 Å². The summed E-state index contributed by atoms with van der Waals surface area (Å²) in [6, 6.07) is 0. The molecule has 1 atom stereocenters. The second-order valence-corrected chi connectivity index (χ2v) is 14.5. The average molecular weight is 724 g/mol. The molecule has 2 N–H and O–H groups in total. The topological polar surface area (TPSA) is 119 Å². The van der Waals surface area contributed by atoms with Crippen LogP contribution in [-0.2, 0) is 28.2 Å². The summed E-state index contributed by atoms with van der Waals surface area (Å²) >= 11 is 0. The smallest absolute Gasteiger partial charge is 0.462 e. The Balaban J connectivity index is 0. The molecule has 0 aliphatic rings. The van der Waals surface area contributed by atoms with E-state index in [1.165, 1.54) is 103 Å². The van der Waals surface area contributed by atoms with Crippen LogP contribution in [0.25, 0.3) is 0 Å². The van der Waals surface area contributed by atoms with Gasteiger partial charge in [-0.25, -0.2) is 4.57 Å². The minimum absolute atomic E-state index is 0. The first-order chi connectivity index (χ1) is 23.3. The number of allylic oxidation sites excluding steroid dienone is 4. The van der Waals surface area contributed by atoms with Crippen molar-refractivity contribution in [2.45, 2.75) is 200 Å². The Bertz CT molecular complexity index is 845. The van der Waals surface area contributed by atoms with Gasteiger partial charge in [0.2, 0.25) is 0 Å². The predicted octanol–water partition coefficient (Wildman–Crippen LogP) is 11.2. The first kappa shape index (κ1) is 50.6. The van der Waals surface area contributed by atoms with Gasteiger partial charge >= 0.3 is 19.8 Å². The van der Waals surface area contributed by atoms with Crippen molar-refractivity contribution < 1.29 is 37.9 Å². The van der Waals surface area contributed by atoms with Gasteiger partial charge in [0.25, 0.3) is 0 Å². The number of carbonyl (C=O) groups is 2. The number of hydrogen-bond donors (Lipinski definition) is 2. The molecule has 0 fully saturated rings. The van der Waals surface area contributed by atoms with E-state index in [1.54, 1.807) is 0 Å². The van der Waals surface area contributed by atoms with Crippen LogP contribution in [-0.4, -0.2) is 70.6 Å². The number of unbranched alkanes of at least 4 members (excludes halogenated alkanes) is 22. The monoisotopic (exact) mass is 723 g/mol. The number of rotatable bonds is 36. The predicted molar refractivity (Wildman–Crippen MR) is 203 cm³/mol. The van der Waals surface area contributed by atoms with Crippen molar-refractivity contribution in [2.24, 2.45) is 0 Å². The largest absolute Gasteiger partial charge is 0.469 e. The molecule has 0 rings (SSSR count). The van der Waals surface area contributed by atoms with Crippen molar-refractivity contribution in [3.05, 3.63) is 24.3 Å². The second kappa shape index (κ2) is 38.8. The fourth-order valence-corrected chi connectivity index (χ4v) is 5.88. The first-order valence-corrected chi connectivity index (χ1v) is 21.2. The first-order valence-electron chi connectivity index (χ1n) is 19.6. The summed E-state index contributed by atoms with van der Waals surface area (Å²) < 4.78 is 26.3. The van der Waals surface area contributed by atoms with Gasteiger partial charge in [-0.1, -0.05) is 160 Å². The average Bonchev–Trinajstić information content (AvgIpc) is 3.05. The maximum Gasteiger partial charge on any atom is 0.469 e. The molecule has 0 amide bonds. The van der Waals surface area contributed by atoms with E-state index in [4.69, 9.17) is 19.3 Å². The molecule has 8 nitrogen and oxygen atoms in total. The molecule has 0 bridgehead atoms. The molecule has 0 unspecified atom stereocenters. The third-order valence-electron chi connectivity index (χ3n) is 8.47. The summed E-state index contributed by atoms with van der Waals surface area (Å²) in [6.45, 7) is 3.65. The second-order valence-electron chi connectivity index (χ2n) is 13.3. The zero-order valence-corrected chi connectivity index (χ0v) is 34.8. The summed E-state index contributed by atoms with van der Waals surface area (Å²) in [4.78, 5) is 42.7. The van der Waals surface area contributed by atoms with Crippen molar-refractivity contribution in [1.82, 2.24) is 0 Å². The molecule has 0 aromatic carbocycles. The summed E-state index contributed by atoms with van der Waals surface area (Å²) in [5.41, 5.74) is 0. The minimum atomic E-state index is -4.75. The zero-order valence-electron chi connectivity index (χ0n) is 31.9. The summed E-state index contributed by atoms with van der Waals surface area (Å²) in [5.74, 6) is -0.894. The summed E-state index contributed by atoms with van der Waals surface area (Å²) in [7, 11) is -4.75. The third-order valence-corrected chi connectivity index (χ3v) is 8.96. The maximum atomic E-state index is 12.4. The summed E-state index contributed by atoms with van der Waals surface area (Å²) in [6.07, 6.45) is 38.9. The molecule has 283 valence electrons. The van der Waals surface area contributed by atoms with Crippen LogP contribution in [0.1, 0.15) is 194 Å². The van der Waals surface area contributed by atoms with Crippen molar-refractivity contribution in [2.75, 3.05) is 13.2 Å². The van der Waals surface area contributed by atoms with Crippen LogP contribution in [0.15, 0.2) is 24.3 Å². The van der Waals surface area contributed by atoms with E-state index in [9.17, 15) is 14.2 Å². The van der Waals surface area contributed by atoms with Gasteiger partial charge in [0, 0.05) is 42.4 Å². The van der Waals surface area contributed by atoms with E-state index in [0.717, 1.165) is 57.8 Å². The molecule has 0 aromatic heterocycles. The fraction of sp³-hybridized carbons (Fsp3) is 0.846. The molecule has 0 aliphatic carbocycles. The van der Waals surface area contributed by atoms with Crippen LogP contribution in [0.3, 0.4) is 0 Å². The maximum absolute atomic E-state index is 12.4. The summed E-state index contributed by atoms with van der Waals surface area (Å²) in [5, 5.41) is 0. The van der Waals surface area contributed by atoms with E-state index in [0.29, 0.717) is 6.42 Å². The van der Waals surface area contributed by atoms with Crippen LogP contribution >= 0.6 is 7.82 Å². The number of phosphoric acid groups is 1. The number of ether oxygens (including phenoxy) is 2. The molecular formula is C39H73NaO8P. The van der Waals surface area contributed by atoms with Gasteiger partial charge < -0.3 is 19.3 Å². The molecule has 0 heterocycles. The van der Waals surface area contributed by atoms with Crippen molar-refractivity contribution >= 4 is 49.3 Å². The van der Waals surface area contributed by atoms with Crippen LogP contribution < -0.4 is 0 Å². The fourth-order valence-electron chi connectivity index (χ4n) is 5.52. The van der Waals surface area contributed by atoms with Gasteiger partial charge in [-0.2, -0.15) is 0 Å². The van der Waals surface area contributed by atoms with Crippen molar-refractivity contribution in [3.8, 4) is 0 Å². The third kappa shape index (κ3) is 41.8. The van der Waals surface area contributed by atoms with Gasteiger partial charge in [-0.05, 0) is 44.9 Å². The molecule has 1 radical (unpaired) electrons. The number of esters is 2. The van der Waals surface area contributed by atoms with E-state index in [1.807, 2.05) is 0 Å². The zero-order chi connectivity index (χ0) is 35.4. The molecule has 0 spiro atoms. The molecule has 0 saturated heterocycles. The quantitative estimate of drug-likeness (QED) is 0.0215. The van der Waals surface area contributed by atoms with Crippen LogP contribution in [0.2, 0.25) is 0 Å². The normalized spacial score (nSPS) is 12.4. The Morgan fingerprint density at radius 1 is 0.551 bits per heavy atom. The molecule has 0 aliphatic heterocycles. The number of carbonyl (C=O) groups excluding carboxylic acids is 2. The van der Waals surface area contributed by atoms with Crippen molar-refractivity contribution in [3.63, 3.8) is 0 Å². The van der Waals surface area contributed by atoms with E-state index in [2.05, 4.69) is 42.7 Å². The number of hydrogen-bond acceptors (Lipinski definition) is 6. The molecule has 49 heavy (non-hydrogen) atoms. The van der Waals surface area contributed by atoms with Crippen LogP contribution in [0.5, 0.6) is 0 Å².